The molecule has 0 saturated carbocycles. The highest BCUT2D eigenvalue weighted by Crippen LogP contribution is 2.32. The number of rotatable bonds is 7. The van der Waals surface area contributed by atoms with Gasteiger partial charge in [-0.15, -0.1) is 0 Å². The van der Waals surface area contributed by atoms with E-state index in [9.17, 15) is 9.90 Å². The van der Waals surface area contributed by atoms with E-state index in [1.165, 1.54) is 19.2 Å². The fourth-order valence-corrected chi connectivity index (χ4v) is 4.62. The Labute approximate surface area is 235 Å². The van der Waals surface area contributed by atoms with Crippen LogP contribution >= 0.6 is 0 Å². The van der Waals surface area contributed by atoms with Crippen molar-refractivity contribution in [3.8, 4) is 39.8 Å². The van der Waals surface area contributed by atoms with E-state index in [-0.39, 0.29) is 17.4 Å². The van der Waals surface area contributed by atoms with Gasteiger partial charge in [-0.05, 0) is 60.2 Å². The van der Waals surface area contributed by atoms with Crippen LogP contribution in [0.2, 0.25) is 0 Å². The van der Waals surface area contributed by atoms with Gasteiger partial charge in [-0.1, -0.05) is 42.5 Å². The van der Waals surface area contributed by atoms with Crippen LogP contribution in [0.3, 0.4) is 0 Å². The molecule has 0 spiro atoms. The number of anilines is 1. The number of hydrogen-bond donors (Lipinski definition) is 3. The molecule has 0 aliphatic carbocycles. The minimum Gasteiger partial charge on any atom is -0.504 e. The van der Waals surface area contributed by atoms with Gasteiger partial charge < -0.3 is 20.9 Å². The van der Waals surface area contributed by atoms with Crippen molar-refractivity contribution in [3.63, 3.8) is 0 Å². The number of nitrogen functional groups attached to an aromatic ring is 1. The lowest BCUT2D eigenvalue weighted by molar-refractivity contribution is 0.0950. The van der Waals surface area contributed by atoms with Crippen molar-refractivity contribution in [1.82, 2.24) is 24.8 Å². The third-order valence-corrected chi connectivity index (χ3v) is 6.74. The molecule has 0 saturated heterocycles. The summed E-state index contributed by atoms with van der Waals surface area (Å²) >= 11 is 0. The van der Waals surface area contributed by atoms with Gasteiger partial charge in [0.15, 0.2) is 23.0 Å². The van der Waals surface area contributed by atoms with Crippen LogP contribution in [-0.4, -0.2) is 37.6 Å². The molecule has 3 aromatic heterocycles. The van der Waals surface area contributed by atoms with Gasteiger partial charge in [0.2, 0.25) is 0 Å². The molecule has 202 valence electrons. The van der Waals surface area contributed by atoms with Crippen LogP contribution < -0.4 is 15.8 Å². The maximum Gasteiger partial charge on any atom is 0.251 e. The van der Waals surface area contributed by atoms with Gasteiger partial charge in [-0.25, -0.2) is 15.0 Å². The predicted molar refractivity (Wildman–Crippen MR) is 158 cm³/mol. The first-order valence-corrected chi connectivity index (χ1v) is 12.9. The van der Waals surface area contributed by atoms with Crippen LogP contribution in [0.4, 0.5) is 5.82 Å². The number of fused-ring (bicyclic) bond motifs is 1. The van der Waals surface area contributed by atoms with E-state index < -0.39 is 0 Å². The van der Waals surface area contributed by atoms with Crippen LogP contribution in [0.25, 0.3) is 39.5 Å². The van der Waals surface area contributed by atoms with Gasteiger partial charge in [0.1, 0.15) is 11.3 Å². The minimum absolute atomic E-state index is 0.0237. The van der Waals surface area contributed by atoms with Gasteiger partial charge in [-0.2, -0.15) is 0 Å². The molecule has 41 heavy (non-hydrogen) atoms. The number of pyridine rings is 2. The number of aromatic nitrogens is 4. The number of carbonyl (C=O) groups excluding carboxylic acids is 1. The molecule has 0 radical (unpaired) electrons. The Morgan fingerprint density at radius 1 is 0.951 bits per heavy atom. The number of nitrogens with one attached hydrogen (secondary N) is 1. The monoisotopic (exact) mass is 542 g/mol. The Bertz CT molecular complexity index is 1870. The SMILES string of the molecule is COc1cc(C(=O)NCc2ccc(-n3c(-c4cccnc4N)nc4ccc(-c5ccccc5)nc43)cc2)ccc1O. The van der Waals surface area contributed by atoms with Gasteiger partial charge in [0.05, 0.1) is 18.4 Å². The third kappa shape index (κ3) is 5.04. The maximum absolute atomic E-state index is 12.7. The summed E-state index contributed by atoms with van der Waals surface area (Å²) in [6.45, 7) is 0.311. The number of methoxy groups -OCH3 is 1. The second-order valence-corrected chi connectivity index (χ2v) is 9.35. The number of phenolic OH excluding ortho intramolecular Hbond substituents is 1. The third-order valence-electron chi connectivity index (χ3n) is 6.74. The fraction of sp³-hybridized carbons (Fsp3) is 0.0625. The molecule has 0 unspecified atom stereocenters. The Balaban J connectivity index is 1.34. The van der Waals surface area contributed by atoms with E-state index in [0.717, 1.165) is 28.0 Å². The van der Waals surface area contributed by atoms with Crippen molar-refractivity contribution in [2.24, 2.45) is 0 Å². The Kier molecular flexibility index (Phi) is 6.75. The largest absolute Gasteiger partial charge is 0.504 e. The van der Waals surface area contributed by atoms with Gasteiger partial charge in [0.25, 0.3) is 5.91 Å². The Morgan fingerprint density at radius 2 is 1.76 bits per heavy atom. The van der Waals surface area contributed by atoms with Crippen LogP contribution in [0.15, 0.2) is 103 Å². The number of hydrogen-bond acceptors (Lipinski definition) is 7. The van der Waals surface area contributed by atoms with Crippen LogP contribution in [0.5, 0.6) is 11.5 Å². The molecule has 4 N–H and O–H groups in total. The number of phenols is 1. The Hall–Kier alpha value is -5.70. The van der Waals surface area contributed by atoms with Crippen LogP contribution in [0, 0.1) is 0 Å². The number of imidazole rings is 1. The van der Waals surface area contributed by atoms with E-state index in [1.54, 1.807) is 12.3 Å². The summed E-state index contributed by atoms with van der Waals surface area (Å²) in [5.74, 6) is 0.941. The van der Waals surface area contributed by atoms with Crippen molar-refractivity contribution >= 4 is 22.9 Å². The number of ether oxygens (including phenoxy) is 1. The molecule has 9 nitrogen and oxygen atoms in total. The van der Waals surface area contributed by atoms with Gasteiger partial charge in [0, 0.05) is 29.6 Å². The molecule has 3 heterocycles. The molecule has 6 rings (SSSR count). The molecule has 0 atom stereocenters. The smallest absolute Gasteiger partial charge is 0.251 e. The van der Waals surface area contributed by atoms with Crippen molar-refractivity contribution in [2.45, 2.75) is 6.54 Å². The second-order valence-electron chi connectivity index (χ2n) is 9.35. The van der Waals surface area contributed by atoms with Gasteiger partial charge in [-0.3, -0.25) is 9.36 Å². The molecule has 0 aliphatic rings. The topological polar surface area (TPSA) is 128 Å². The average molecular weight is 543 g/mol. The molecular formula is C32H26N6O3. The van der Waals surface area contributed by atoms with Gasteiger partial charge >= 0.3 is 0 Å². The van der Waals surface area contributed by atoms with E-state index in [0.29, 0.717) is 35.0 Å². The second kappa shape index (κ2) is 10.8. The maximum atomic E-state index is 12.7. The van der Waals surface area contributed by atoms with E-state index in [2.05, 4.69) is 10.3 Å². The number of nitrogens with two attached hydrogens (primary N) is 1. The van der Waals surface area contributed by atoms with Crippen LogP contribution in [0.1, 0.15) is 15.9 Å². The summed E-state index contributed by atoms with van der Waals surface area (Å²) < 4.78 is 7.08. The normalized spacial score (nSPS) is 11.0. The highest BCUT2D eigenvalue weighted by atomic mass is 16.5. The number of nitrogens with zero attached hydrogens (tertiary/aromatic N) is 4. The number of carbonyl (C=O) groups is 1. The predicted octanol–water partition coefficient (Wildman–Crippen LogP) is 5.38. The summed E-state index contributed by atoms with van der Waals surface area (Å²) in [7, 11) is 1.44. The first-order valence-electron chi connectivity index (χ1n) is 12.9. The summed E-state index contributed by atoms with van der Waals surface area (Å²) in [6, 6.07) is 29.9. The lowest BCUT2D eigenvalue weighted by Gasteiger charge is -2.12. The summed E-state index contributed by atoms with van der Waals surface area (Å²) in [6.07, 6.45) is 1.65. The van der Waals surface area contributed by atoms with E-state index in [4.69, 9.17) is 20.4 Å². The quantitative estimate of drug-likeness (QED) is 0.247. The molecule has 0 fully saturated rings. The first-order chi connectivity index (χ1) is 20.0. The number of aromatic hydroxyl groups is 1. The highest BCUT2D eigenvalue weighted by Gasteiger charge is 2.19. The fourth-order valence-electron chi connectivity index (χ4n) is 4.62. The standard InChI is InChI=1S/C32H26N6O3/c1-41-28-18-22(11-16-27(28)39)32(40)35-19-20-9-12-23(13-10-20)38-30(24-8-5-17-34-29(24)33)37-26-15-14-25(36-31(26)38)21-6-3-2-4-7-21/h2-18,39H,19H2,1H3,(H2,33,34)(H,35,40). The molecule has 1 amide bonds. The summed E-state index contributed by atoms with van der Waals surface area (Å²) in [5.41, 5.74) is 12.3. The zero-order chi connectivity index (χ0) is 28.3. The van der Waals surface area contributed by atoms with Crippen molar-refractivity contribution in [2.75, 3.05) is 12.8 Å². The van der Waals surface area contributed by atoms with Crippen molar-refractivity contribution < 1.29 is 14.6 Å². The molecule has 3 aromatic carbocycles. The highest BCUT2D eigenvalue weighted by molar-refractivity contribution is 5.94. The van der Waals surface area contributed by atoms with Crippen molar-refractivity contribution in [3.05, 3.63) is 114 Å². The molecule has 0 aliphatic heterocycles. The Morgan fingerprint density at radius 3 is 2.51 bits per heavy atom. The van der Waals surface area contributed by atoms with E-state index in [1.807, 2.05) is 83.4 Å². The zero-order valence-electron chi connectivity index (χ0n) is 22.2. The summed E-state index contributed by atoms with van der Waals surface area (Å²) in [5, 5.41) is 12.7. The molecule has 9 heteroatoms. The zero-order valence-corrected chi connectivity index (χ0v) is 22.2. The van der Waals surface area contributed by atoms with E-state index >= 15 is 0 Å². The number of benzene rings is 3. The molecule has 6 aromatic rings. The lowest BCUT2D eigenvalue weighted by Crippen LogP contribution is -2.22. The first kappa shape index (κ1) is 25.6. The molecular weight excluding hydrogens is 516 g/mol. The minimum atomic E-state index is -0.278. The van der Waals surface area contributed by atoms with Crippen molar-refractivity contribution in [1.29, 1.82) is 0 Å². The average Bonchev–Trinajstić information content (AvgIpc) is 3.39. The number of amides is 1. The van der Waals surface area contributed by atoms with Crippen LogP contribution in [-0.2, 0) is 6.54 Å². The molecule has 0 bridgehead atoms. The lowest BCUT2D eigenvalue weighted by atomic mass is 10.1. The summed E-state index contributed by atoms with van der Waals surface area (Å²) in [4.78, 5) is 26.8.